The van der Waals surface area contributed by atoms with Gasteiger partial charge in [-0.3, -0.25) is 24.1 Å². The van der Waals surface area contributed by atoms with Gasteiger partial charge in [-0.1, -0.05) is 75.0 Å². The molecule has 0 bridgehead atoms. The number of nitrogens with zero attached hydrogens (tertiary/aromatic N) is 5. The molecule has 77 heavy (non-hydrogen) atoms. The number of benzene rings is 2. The molecule has 3 fully saturated rings. The molecular formula is C65H87Cl2N5O5. The summed E-state index contributed by atoms with van der Waals surface area (Å²) < 4.78 is 5.71. The van der Waals surface area contributed by atoms with Gasteiger partial charge in [0.05, 0.1) is 10.6 Å². The van der Waals surface area contributed by atoms with Gasteiger partial charge in [0.15, 0.2) is 17.3 Å². The molecule has 6 aliphatic rings. The summed E-state index contributed by atoms with van der Waals surface area (Å²) in [5, 5.41) is 1.07. The summed E-state index contributed by atoms with van der Waals surface area (Å²) in [7, 11) is 0. The van der Waals surface area contributed by atoms with E-state index in [1.807, 2.05) is 66.8 Å². The number of halogens is 2. The highest BCUT2D eigenvalue weighted by Crippen LogP contribution is 2.42. The van der Waals surface area contributed by atoms with Gasteiger partial charge in [0, 0.05) is 123 Å². The number of rotatable bonds is 11. The van der Waals surface area contributed by atoms with Gasteiger partial charge >= 0.3 is 0 Å². The summed E-state index contributed by atoms with van der Waals surface area (Å²) in [6.45, 7) is 34.5. The lowest BCUT2D eigenvalue weighted by Crippen LogP contribution is -2.53. The minimum absolute atomic E-state index is 0.0960. The topological polar surface area (TPSA) is 103 Å². The van der Waals surface area contributed by atoms with Crippen molar-refractivity contribution in [3.05, 3.63) is 119 Å². The second-order valence-electron chi connectivity index (χ2n) is 23.8. The Balaban J connectivity index is 0.000000251. The zero-order chi connectivity index (χ0) is 56.1. The summed E-state index contributed by atoms with van der Waals surface area (Å²) in [6, 6.07) is 10.9. The summed E-state index contributed by atoms with van der Waals surface area (Å²) in [5.41, 5.74) is 14.6. The van der Waals surface area contributed by atoms with Crippen LogP contribution < -0.4 is 9.80 Å². The van der Waals surface area contributed by atoms with Crippen molar-refractivity contribution in [2.45, 2.75) is 178 Å². The second kappa shape index (κ2) is 25.5. The highest BCUT2D eigenvalue weighted by molar-refractivity contribution is 6.37. The van der Waals surface area contributed by atoms with Crippen LogP contribution in [0.2, 0.25) is 10.0 Å². The predicted molar refractivity (Wildman–Crippen MR) is 318 cm³/mol. The Morgan fingerprint density at radius 2 is 1.47 bits per heavy atom. The molecule has 3 aliphatic carbocycles. The van der Waals surface area contributed by atoms with E-state index < -0.39 is 0 Å². The number of piperazine rings is 1. The first-order valence-corrected chi connectivity index (χ1v) is 29.4. The number of ether oxygens (including phenoxy) is 1. The molecule has 0 unspecified atom stereocenters. The zero-order valence-electron chi connectivity index (χ0n) is 48.8. The average molecular weight is 1090 g/mol. The number of pyridine rings is 1. The van der Waals surface area contributed by atoms with Crippen LogP contribution in [0.25, 0.3) is 11.1 Å². The largest absolute Gasteiger partial charge is 0.381 e. The first kappa shape index (κ1) is 59.8. The van der Waals surface area contributed by atoms with E-state index in [1.165, 1.54) is 23.1 Å². The summed E-state index contributed by atoms with van der Waals surface area (Å²) in [5.74, 6) is 1.29. The van der Waals surface area contributed by atoms with E-state index >= 15 is 0 Å². The minimum Gasteiger partial charge on any atom is -0.381 e. The zero-order valence-corrected chi connectivity index (χ0v) is 50.3. The fraction of sp³-hybridized carbons (Fsp3) is 0.554. The number of fused-ring (bicyclic) bond motifs is 2. The van der Waals surface area contributed by atoms with Crippen LogP contribution in [0, 0.1) is 6.92 Å². The van der Waals surface area contributed by atoms with E-state index in [-0.39, 0.29) is 34.2 Å². The lowest BCUT2D eigenvalue weighted by atomic mass is 9.76. The van der Waals surface area contributed by atoms with E-state index in [9.17, 15) is 19.2 Å². The molecule has 0 radical (unpaired) electrons. The molecule has 0 N–H and O–H groups in total. The Bertz CT molecular complexity index is 2850. The van der Waals surface area contributed by atoms with Crippen LogP contribution in [0.1, 0.15) is 185 Å². The molecule has 2 saturated heterocycles. The van der Waals surface area contributed by atoms with Gasteiger partial charge in [-0.25, -0.2) is 4.98 Å². The van der Waals surface area contributed by atoms with Crippen molar-refractivity contribution in [2.75, 3.05) is 68.8 Å². The van der Waals surface area contributed by atoms with Gasteiger partial charge < -0.3 is 19.4 Å². The molecule has 3 aromatic rings. The Morgan fingerprint density at radius 3 is 2.08 bits per heavy atom. The number of carbonyl (C=O) groups is 4. The van der Waals surface area contributed by atoms with Crippen molar-refractivity contribution in [1.29, 1.82) is 0 Å². The highest BCUT2D eigenvalue weighted by atomic mass is 35.5. The van der Waals surface area contributed by atoms with Gasteiger partial charge in [-0.2, -0.15) is 0 Å². The van der Waals surface area contributed by atoms with Gasteiger partial charge in [-0.05, 0) is 187 Å². The van der Waals surface area contributed by atoms with Gasteiger partial charge in [0.25, 0.3) is 5.91 Å². The number of aromatic nitrogens is 1. The van der Waals surface area contributed by atoms with Crippen molar-refractivity contribution in [1.82, 2.24) is 14.8 Å². The number of amides is 1. The van der Waals surface area contributed by atoms with Crippen LogP contribution in [-0.2, 0) is 26.2 Å². The van der Waals surface area contributed by atoms with Crippen molar-refractivity contribution in [2.24, 2.45) is 0 Å². The third-order valence-corrected chi connectivity index (χ3v) is 17.4. The SMILES string of the molecule is CC.CC1=CC(C)=C(CN2CCc3c(Cl)cc(C(C)(C)C)c(Cl)c3C2=O)C(=O)C1.CCN(c1cc(-c2ccc(N3CCN(C(C)(C)C)CC3)nc2)cc(C(=O)CCC2=C3CCCCC3=C(C)CC2=O)c1C)C1CCOCC1. The van der Waals surface area contributed by atoms with Crippen LogP contribution in [0.5, 0.6) is 0 Å². The van der Waals surface area contributed by atoms with Crippen LogP contribution in [0.3, 0.4) is 0 Å². The number of Topliss-reactive ketones (excluding diaryl/α,β-unsaturated/α-hetero) is 3. The summed E-state index contributed by atoms with van der Waals surface area (Å²) in [6.07, 6.45) is 12.8. The van der Waals surface area contributed by atoms with Gasteiger partial charge in [-0.15, -0.1) is 0 Å². The van der Waals surface area contributed by atoms with E-state index in [0.717, 1.165) is 140 Å². The third-order valence-electron chi connectivity index (χ3n) is 16.6. The van der Waals surface area contributed by atoms with Crippen molar-refractivity contribution in [3.63, 3.8) is 0 Å². The first-order chi connectivity index (χ1) is 36.5. The Hall–Kier alpha value is -4.87. The Morgan fingerprint density at radius 1 is 0.805 bits per heavy atom. The van der Waals surface area contributed by atoms with Crippen LogP contribution >= 0.6 is 23.2 Å². The quantitative estimate of drug-likeness (QED) is 0.174. The lowest BCUT2D eigenvalue weighted by Gasteiger charge is -2.42. The normalized spacial score (nSPS) is 18.8. The molecule has 416 valence electrons. The van der Waals surface area contributed by atoms with E-state index in [2.05, 4.69) is 80.5 Å². The average Bonchev–Trinajstić information content (AvgIpc) is 3.40. The smallest absolute Gasteiger partial charge is 0.256 e. The number of hydrogen-bond acceptors (Lipinski definition) is 9. The summed E-state index contributed by atoms with van der Waals surface area (Å²) >= 11 is 13.2. The van der Waals surface area contributed by atoms with Crippen LogP contribution in [0.4, 0.5) is 11.5 Å². The number of allylic oxidation sites excluding steroid dienone is 7. The molecule has 0 spiro atoms. The maximum absolute atomic E-state index is 14.2. The van der Waals surface area contributed by atoms with Crippen molar-refractivity contribution < 1.29 is 23.9 Å². The molecular weight excluding hydrogens is 1000 g/mol. The molecule has 10 nitrogen and oxygen atoms in total. The van der Waals surface area contributed by atoms with Crippen LogP contribution in [0.15, 0.2) is 81.6 Å². The second-order valence-corrected chi connectivity index (χ2v) is 24.6. The fourth-order valence-corrected chi connectivity index (χ4v) is 13.1. The molecule has 0 atom stereocenters. The number of carbonyl (C=O) groups excluding carboxylic acids is 4. The third kappa shape index (κ3) is 13.6. The fourth-order valence-electron chi connectivity index (χ4n) is 12.2. The predicted octanol–water partition coefficient (Wildman–Crippen LogP) is 14.7. The van der Waals surface area contributed by atoms with E-state index in [0.29, 0.717) is 72.4 Å². The molecule has 4 heterocycles. The number of hydrogen-bond donors (Lipinski definition) is 0. The van der Waals surface area contributed by atoms with E-state index in [1.54, 1.807) is 4.90 Å². The standard InChI is InChI=1S/C41H56N4O3.C22H25Cl2NO2.C2H6/c1-7-45(32-16-22-48-23-17-32)37-26-31(30-12-15-40(42-27-30)43-18-20-44(21-19-43)41(4,5)6)25-36(29(37)3)38(46)14-13-35-34-11-9-8-10-33(34)28(2)24-39(35)47;1-12-8-13(2)15(18(26)9-12)11-25-7-6-14-17(23)10-16(22(3,4)5)20(24)19(14)21(25)27;1-2/h12,15,25-27,32H,7-11,13-14,16-24H2,1-6H3;8,10H,6-7,9,11H2,1-5H3;1-2H3. The summed E-state index contributed by atoms with van der Waals surface area (Å²) in [4.78, 5) is 67.2. The maximum Gasteiger partial charge on any atom is 0.256 e. The minimum atomic E-state index is -0.223. The Kier molecular flexibility index (Phi) is 19.8. The van der Waals surface area contributed by atoms with Crippen molar-refractivity contribution >= 4 is 58.0 Å². The lowest BCUT2D eigenvalue weighted by molar-refractivity contribution is -0.116. The molecule has 12 heteroatoms. The molecule has 1 aromatic heterocycles. The first-order valence-electron chi connectivity index (χ1n) is 28.7. The van der Waals surface area contributed by atoms with Crippen LogP contribution in [-0.4, -0.2) is 109 Å². The van der Waals surface area contributed by atoms with Gasteiger partial charge in [0.2, 0.25) is 0 Å². The Labute approximate surface area is 471 Å². The molecule has 1 amide bonds. The monoisotopic (exact) mass is 1090 g/mol. The van der Waals surface area contributed by atoms with Gasteiger partial charge in [0.1, 0.15) is 5.82 Å². The maximum atomic E-state index is 14.2. The number of ketones is 3. The number of anilines is 2. The van der Waals surface area contributed by atoms with E-state index in [4.69, 9.17) is 32.9 Å². The molecule has 1 saturated carbocycles. The highest BCUT2D eigenvalue weighted by Gasteiger charge is 2.35. The molecule has 2 aromatic carbocycles. The molecule has 9 rings (SSSR count). The van der Waals surface area contributed by atoms with Crippen molar-refractivity contribution in [3.8, 4) is 11.1 Å². The molecule has 3 aliphatic heterocycles.